The molecular formula is C55H104NO7P. The molecular weight excluding hydrogens is 818 g/mol. The number of carbonyl (C=O) groups excluding carboxylic acids is 1. The van der Waals surface area contributed by atoms with Gasteiger partial charge < -0.3 is 20.1 Å². The number of nitrogens with two attached hydrogens (primary N) is 1. The van der Waals surface area contributed by atoms with E-state index in [-0.39, 0.29) is 32.3 Å². The number of unbranched alkanes of at least 4 members (excludes halogenated alkanes) is 31. The average molecular weight is 922 g/mol. The second-order valence-corrected chi connectivity index (χ2v) is 19.5. The summed E-state index contributed by atoms with van der Waals surface area (Å²) in [6.07, 6.45) is 64.3. The molecule has 0 radical (unpaired) electrons. The second-order valence-electron chi connectivity index (χ2n) is 18.1. The monoisotopic (exact) mass is 922 g/mol. The minimum Gasteiger partial charge on any atom is -0.457 e. The first-order chi connectivity index (χ1) is 31.4. The molecule has 376 valence electrons. The topological polar surface area (TPSA) is 117 Å². The number of phosphoric acid groups is 1. The molecule has 64 heavy (non-hydrogen) atoms. The summed E-state index contributed by atoms with van der Waals surface area (Å²) in [5.41, 5.74) is 5.40. The fourth-order valence-corrected chi connectivity index (χ4v) is 8.47. The van der Waals surface area contributed by atoms with Crippen molar-refractivity contribution in [1.82, 2.24) is 0 Å². The van der Waals surface area contributed by atoms with Gasteiger partial charge in [0.2, 0.25) is 0 Å². The molecule has 0 aromatic heterocycles. The molecule has 0 saturated carbocycles. The zero-order chi connectivity index (χ0) is 46.5. The molecule has 0 aliphatic heterocycles. The maximum Gasteiger partial charge on any atom is 0.472 e. The Morgan fingerprint density at radius 1 is 0.469 bits per heavy atom. The van der Waals surface area contributed by atoms with Gasteiger partial charge in [0.25, 0.3) is 0 Å². The Morgan fingerprint density at radius 2 is 0.828 bits per heavy atom. The van der Waals surface area contributed by atoms with E-state index >= 15 is 0 Å². The number of hydrogen-bond acceptors (Lipinski definition) is 7. The lowest BCUT2D eigenvalue weighted by atomic mass is 10.0. The van der Waals surface area contributed by atoms with Crippen molar-refractivity contribution < 1.29 is 32.8 Å². The van der Waals surface area contributed by atoms with Crippen molar-refractivity contribution in [1.29, 1.82) is 0 Å². The molecule has 2 atom stereocenters. The number of hydrogen-bond donors (Lipinski definition) is 2. The maximum absolute atomic E-state index is 12.7. The second kappa shape index (κ2) is 52.4. The highest BCUT2D eigenvalue weighted by Crippen LogP contribution is 2.43. The van der Waals surface area contributed by atoms with Crippen molar-refractivity contribution in [3.63, 3.8) is 0 Å². The third-order valence-electron chi connectivity index (χ3n) is 11.7. The van der Waals surface area contributed by atoms with Crippen LogP contribution in [0.1, 0.15) is 258 Å². The van der Waals surface area contributed by atoms with Gasteiger partial charge >= 0.3 is 13.8 Å². The van der Waals surface area contributed by atoms with Gasteiger partial charge in [-0.2, -0.15) is 0 Å². The van der Waals surface area contributed by atoms with E-state index in [2.05, 4.69) is 62.5 Å². The molecule has 0 rings (SSSR count). The Morgan fingerprint density at radius 3 is 1.22 bits per heavy atom. The third kappa shape index (κ3) is 51.4. The average Bonchev–Trinajstić information content (AvgIpc) is 3.29. The van der Waals surface area contributed by atoms with Gasteiger partial charge in [-0.3, -0.25) is 13.8 Å². The van der Waals surface area contributed by atoms with Crippen LogP contribution in [0.2, 0.25) is 0 Å². The normalized spacial score (nSPS) is 13.6. The Hall–Kier alpha value is -1.54. The van der Waals surface area contributed by atoms with E-state index in [4.69, 9.17) is 24.3 Å². The van der Waals surface area contributed by atoms with Crippen LogP contribution >= 0.6 is 7.82 Å². The van der Waals surface area contributed by atoms with Gasteiger partial charge in [0.15, 0.2) is 0 Å². The SMILES string of the molecule is CCCCCCC/C=C\C/C=C\CCCCCCCCCCCCCCOCC(COP(=O)(O)OCCN)OC(=O)CCCCCCCCCCC/C=C\C/C=C\CCCCCCC. The fraction of sp³-hybridized carbons (Fsp3) is 0.836. The summed E-state index contributed by atoms with van der Waals surface area (Å²) in [7, 11) is -4.29. The lowest BCUT2D eigenvalue weighted by Crippen LogP contribution is -2.28. The summed E-state index contributed by atoms with van der Waals surface area (Å²) in [5.74, 6) is -0.332. The first kappa shape index (κ1) is 62.5. The summed E-state index contributed by atoms with van der Waals surface area (Å²) in [6.45, 7) is 4.93. The van der Waals surface area contributed by atoms with E-state index in [0.29, 0.717) is 13.0 Å². The number of ether oxygens (including phenoxy) is 2. The first-order valence-corrected chi connectivity index (χ1v) is 28.6. The molecule has 0 heterocycles. The molecule has 0 amide bonds. The van der Waals surface area contributed by atoms with Crippen molar-refractivity contribution in [2.24, 2.45) is 5.73 Å². The minimum atomic E-state index is -4.29. The van der Waals surface area contributed by atoms with Crippen LogP contribution in [-0.4, -0.2) is 49.9 Å². The smallest absolute Gasteiger partial charge is 0.457 e. The van der Waals surface area contributed by atoms with Gasteiger partial charge in [-0.25, -0.2) is 4.57 Å². The highest BCUT2D eigenvalue weighted by Gasteiger charge is 2.25. The van der Waals surface area contributed by atoms with E-state index in [9.17, 15) is 14.3 Å². The number of rotatable bonds is 52. The minimum absolute atomic E-state index is 0.0969. The molecule has 0 fully saturated rings. The van der Waals surface area contributed by atoms with E-state index < -0.39 is 13.9 Å². The predicted octanol–water partition coefficient (Wildman–Crippen LogP) is 17.1. The quantitative estimate of drug-likeness (QED) is 0.0268. The summed E-state index contributed by atoms with van der Waals surface area (Å²) in [5, 5.41) is 0. The molecule has 0 aliphatic rings. The zero-order valence-electron chi connectivity index (χ0n) is 42.0. The highest BCUT2D eigenvalue weighted by molar-refractivity contribution is 7.47. The Kier molecular flexibility index (Phi) is 51.2. The van der Waals surface area contributed by atoms with Crippen molar-refractivity contribution in [2.45, 2.75) is 264 Å². The van der Waals surface area contributed by atoms with E-state index in [1.54, 1.807) is 0 Å². The van der Waals surface area contributed by atoms with Crippen LogP contribution < -0.4 is 5.73 Å². The molecule has 0 saturated heterocycles. The predicted molar refractivity (Wildman–Crippen MR) is 275 cm³/mol. The van der Waals surface area contributed by atoms with E-state index in [1.165, 1.54) is 193 Å². The number of carbonyl (C=O) groups is 1. The Balaban J connectivity index is 3.92. The molecule has 8 nitrogen and oxygen atoms in total. The van der Waals surface area contributed by atoms with Gasteiger partial charge in [-0.05, 0) is 77.0 Å². The maximum atomic E-state index is 12.7. The van der Waals surface area contributed by atoms with Crippen molar-refractivity contribution in [3.05, 3.63) is 48.6 Å². The van der Waals surface area contributed by atoms with Gasteiger partial charge in [-0.15, -0.1) is 0 Å². The van der Waals surface area contributed by atoms with Gasteiger partial charge in [0.1, 0.15) is 6.10 Å². The van der Waals surface area contributed by atoms with Crippen molar-refractivity contribution in [3.8, 4) is 0 Å². The zero-order valence-corrected chi connectivity index (χ0v) is 42.9. The van der Waals surface area contributed by atoms with Crippen LogP contribution in [0.3, 0.4) is 0 Å². The van der Waals surface area contributed by atoms with Gasteiger partial charge in [0, 0.05) is 19.6 Å². The lowest BCUT2D eigenvalue weighted by Gasteiger charge is -2.20. The molecule has 9 heteroatoms. The summed E-state index contributed by atoms with van der Waals surface area (Å²) in [4.78, 5) is 22.6. The standard InChI is InChI=1S/C55H104NO7P/c1-3-5-7-9-11-13-15-17-19-21-23-25-26-27-29-31-33-35-37-39-41-43-45-47-50-60-52-54(53-62-64(58,59)61-51-49-56)63-55(57)48-46-44-42-40-38-36-34-32-30-28-24-22-20-18-16-14-12-10-8-6-4-2/h15-18,21-24,54H,3-14,19-20,25-53,56H2,1-2H3,(H,58,59)/b17-15-,18-16-,23-21-,24-22-. The molecule has 0 spiro atoms. The van der Waals surface area contributed by atoms with Crippen molar-refractivity contribution in [2.75, 3.05) is 33.0 Å². The molecule has 0 aromatic carbocycles. The molecule has 2 unspecified atom stereocenters. The number of phosphoric ester groups is 1. The van der Waals surface area contributed by atoms with Crippen LogP contribution in [0, 0.1) is 0 Å². The summed E-state index contributed by atoms with van der Waals surface area (Å²) in [6, 6.07) is 0. The molecule has 0 aromatic rings. The molecule has 0 bridgehead atoms. The third-order valence-corrected chi connectivity index (χ3v) is 12.7. The summed E-state index contributed by atoms with van der Waals surface area (Å²) < 4.78 is 33.6. The van der Waals surface area contributed by atoms with Gasteiger partial charge in [0.05, 0.1) is 19.8 Å². The number of esters is 1. The highest BCUT2D eigenvalue weighted by atomic mass is 31.2. The van der Waals surface area contributed by atoms with Crippen molar-refractivity contribution >= 4 is 13.8 Å². The summed E-state index contributed by atoms with van der Waals surface area (Å²) >= 11 is 0. The Bertz CT molecular complexity index is 1130. The van der Waals surface area contributed by atoms with Crippen LogP contribution in [0.5, 0.6) is 0 Å². The van der Waals surface area contributed by atoms with Crippen LogP contribution in [-0.2, 0) is 27.9 Å². The van der Waals surface area contributed by atoms with Gasteiger partial charge in [-0.1, -0.05) is 223 Å². The van der Waals surface area contributed by atoms with E-state index in [1.807, 2.05) is 0 Å². The molecule has 3 N–H and O–H groups in total. The fourth-order valence-electron chi connectivity index (χ4n) is 7.71. The van der Waals surface area contributed by atoms with Crippen LogP contribution in [0.15, 0.2) is 48.6 Å². The largest absolute Gasteiger partial charge is 0.472 e. The lowest BCUT2D eigenvalue weighted by molar-refractivity contribution is -0.154. The molecule has 0 aliphatic carbocycles. The number of allylic oxidation sites excluding steroid dienone is 8. The Labute approximate surface area is 396 Å². The van der Waals surface area contributed by atoms with E-state index in [0.717, 1.165) is 44.9 Å². The van der Waals surface area contributed by atoms with Crippen LogP contribution in [0.25, 0.3) is 0 Å². The first-order valence-electron chi connectivity index (χ1n) is 27.1. The van der Waals surface area contributed by atoms with Crippen LogP contribution in [0.4, 0.5) is 0 Å².